The summed E-state index contributed by atoms with van der Waals surface area (Å²) in [6, 6.07) is 12.7. The van der Waals surface area contributed by atoms with Crippen LogP contribution in [0.5, 0.6) is 23.0 Å². The van der Waals surface area contributed by atoms with E-state index in [0.29, 0.717) is 33.9 Å². The highest BCUT2D eigenvalue weighted by atomic mass is 32.2. The lowest BCUT2D eigenvalue weighted by atomic mass is 10.2. The molecule has 0 spiro atoms. The Kier molecular flexibility index (Phi) is 8.64. The van der Waals surface area contributed by atoms with Crippen LogP contribution in [0.2, 0.25) is 0 Å². The topological polar surface area (TPSA) is 96.7 Å². The average molecular weight is 487 g/mol. The van der Waals surface area contributed by atoms with E-state index < -0.39 is 0 Å². The van der Waals surface area contributed by atoms with E-state index in [1.807, 2.05) is 49.6 Å². The van der Waals surface area contributed by atoms with Crippen LogP contribution in [0, 0.1) is 0 Å². The van der Waals surface area contributed by atoms with Gasteiger partial charge in [0, 0.05) is 12.1 Å². The van der Waals surface area contributed by atoms with Gasteiger partial charge in [-0.25, -0.2) is 0 Å². The molecule has 182 valence electrons. The van der Waals surface area contributed by atoms with E-state index in [9.17, 15) is 4.79 Å². The fourth-order valence-electron chi connectivity index (χ4n) is 3.28. The number of aromatic nitrogens is 3. The number of ether oxygens (including phenoxy) is 4. The van der Waals surface area contributed by atoms with Crippen molar-refractivity contribution >= 4 is 23.4 Å². The van der Waals surface area contributed by atoms with Gasteiger partial charge in [0.1, 0.15) is 23.0 Å². The molecule has 1 heterocycles. The van der Waals surface area contributed by atoms with E-state index in [0.717, 1.165) is 5.75 Å². The van der Waals surface area contributed by atoms with Crippen molar-refractivity contribution in [2.24, 2.45) is 0 Å². The van der Waals surface area contributed by atoms with Gasteiger partial charge in [-0.05, 0) is 57.2 Å². The molecule has 1 amide bonds. The third-order valence-electron chi connectivity index (χ3n) is 4.96. The zero-order chi connectivity index (χ0) is 24.7. The van der Waals surface area contributed by atoms with E-state index in [1.54, 1.807) is 39.5 Å². The molecule has 0 aliphatic heterocycles. The van der Waals surface area contributed by atoms with Crippen molar-refractivity contribution in [3.8, 4) is 23.0 Å². The molecule has 2 aromatic carbocycles. The van der Waals surface area contributed by atoms with Gasteiger partial charge in [-0.3, -0.25) is 4.79 Å². The molecule has 10 heteroatoms. The first-order chi connectivity index (χ1) is 16.4. The minimum absolute atomic E-state index is 0.0826. The quantitative estimate of drug-likeness (QED) is 0.388. The van der Waals surface area contributed by atoms with Crippen molar-refractivity contribution < 1.29 is 23.7 Å². The number of methoxy groups -OCH3 is 3. The zero-order valence-corrected chi connectivity index (χ0v) is 21.0. The highest BCUT2D eigenvalue weighted by molar-refractivity contribution is 7.99. The summed E-state index contributed by atoms with van der Waals surface area (Å²) >= 11 is 1.31. The average Bonchev–Trinajstić information content (AvgIpc) is 3.28. The van der Waals surface area contributed by atoms with Crippen molar-refractivity contribution in [2.75, 3.05) is 32.4 Å². The van der Waals surface area contributed by atoms with E-state index in [-0.39, 0.29) is 23.8 Å². The van der Waals surface area contributed by atoms with Gasteiger partial charge in [0.05, 0.1) is 32.8 Å². The summed E-state index contributed by atoms with van der Waals surface area (Å²) in [5, 5.41) is 12.2. The van der Waals surface area contributed by atoms with Crippen molar-refractivity contribution in [1.29, 1.82) is 0 Å². The number of rotatable bonds is 11. The SMILES string of the molecule is COc1ccc(OC(C)c2nnc(SCC(=O)Nc3ccc(OC)cc3OC)n2C(C)C)cc1. The normalized spacial score (nSPS) is 11.7. The van der Waals surface area contributed by atoms with Crippen LogP contribution in [-0.2, 0) is 4.79 Å². The second-order valence-electron chi connectivity index (χ2n) is 7.64. The molecule has 34 heavy (non-hydrogen) atoms. The first-order valence-electron chi connectivity index (χ1n) is 10.8. The van der Waals surface area contributed by atoms with Gasteiger partial charge in [0.2, 0.25) is 5.91 Å². The standard InChI is InChI=1S/C24H30N4O5S/c1-15(2)28-23(16(3)33-18-9-7-17(30-4)8-10-18)26-27-24(28)34-14-22(29)25-20-12-11-19(31-5)13-21(20)32-6/h7-13,15-16H,14H2,1-6H3,(H,25,29). The Balaban J connectivity index is 1.67. The molecule has 0 fully saturated rings. The Hall–Kier alpha value is -3.40. The van der Waals surface area contributed by atoms with Crippen LogP contribution in [0.1, 0.15) is 38.7 Å². The number of amides is 1. The van der Waals surface area contributed by atoms with Gasteiger partial charge in [-0.15, -0.1) is 10.2 Å². The highest BCUT2D eigenvalue weighted by Crippen LogP contribution is 2.31. The van der Waals surface area contributed by atoms with Crippen LogP contribution >= 0.6 is 11.8 Å². The summed E-state index contributed by atoms with van der Waals surface area (Å²) in [5.74, 6) is 3.29. The molecule has 0 saturated carbocycles. The molecular weight excluding hydrogens is 456 g/mol. The second kappa shape index (κ2) is 11.6. The van der Waals surface area contributed by atoms with Gasteiger partial charge >= 0.3 is 0 Å². The molecule has 3 aromatic rings. The van der Waals surface area contributed by atoms with Crippen LogP contribution in [-0.4, -0.2) is 47.8 Å². The van der Waals surface area contributed by atoms with Crippen molar-refractivity contribution in [3.05, 3.63) is 48.3 Å². The molecular formula is C24H30N4O5S. The summed E-state index contributed by atoms with van der Waals surface area (Å²) in [6.07, 6.45) is -0.338. The molecule has 0 radical (unpaired) electrons. The Labute approximate surface area is 203 Å². The van der Waals surface area contributed by atoms with E-state index in [1.165, 1.54) is 11.8 Å². The molecule has 9 nitrogen and oxygen atoms in total. The predicted octanol–water partition coefficient (Wildman–Crippen LogP) is 4.76. The molecule has 3 rings (SSSR count). The summed E-state index contributed by atoms with van der Waals surface area (Å²) in [5.41, 5.74) is 0.571. The lowest BCUT2D eigenvalue weighted by molar-refractivity contribution is -0.113. The fraction of sp³-hybridized carbons (Fsp3) is 0.375. The molecule has 0 bridgehead atoms. The lowest BCUT2D eigenvalue weighted by Crippen LogP contribution is -2.17. The molecule has 0 saturated heterocycles. The Bertz CT molecular complexity index is 1100. The molecule has 0 aliphatic rings. The van der Waals surface area contributed by atoms with Crippen molar-refractivity contribution in [1.82, 2.24) is 14.8 Å². The summed E-state index contributed by atoms with van der Waals surface area (Å²) < 4.78 is 23.8. The van der Waals surface area contributed by atoms with Crippen LogP contribution < -0.4 is 24.3 Å². The number of anilines is 1. The number of thioether (sulfide) groups is 1. The number of nitrogens with zero attached hydrogens (tertiary/aromatic N) is 3. The first-order valence-corrected chi connectivity index (χ1v) is 11.7. The smallest absolute Gasteiger partial charge is 0.234 e. The van der Waals surface area contributed by atoms with Gasteiger partial charge in [0.25, 0.3) is 0 Å². The number of carbonyl (C=O) groups is 1. The van der Waals surface area contributed by atoms with Crippen LogP contribution in [0.25, 0.3) is 0 Å². The summed E-state index contributed by atoms with van der Waals surface area (Å²) in [4.78, 5) is 12.6. The van der Waals surface area contributed by atoms with Gasteiger partial charge < -0.3 is 28.8 Å². The van der Waals surface area contributed by atoms with Crippen LogP contribution in [0.15, 0.2) is 47.6 Å². The van der Waals surface area contributed by atoms with E-state index in [2.05, 4.69) is 15.5 Å². The fourth-order valence-corrected chi connectivity index (χ4v) is 4.15. The molecule has 1 unspecified atom stereocenters. The number of nitrogens with one attached hydrogen (secondary N) is 1. The first kappa shape index (κ1) is 25.2. The maximum Gasteiger partial charge on any atom is 0.234 e. The van der Waals surface area contributed by atoms with Crippen molar-refractivity contribution in [3.63, 3.8) is 0 Å². The van der Waals surface area contributed by atoms with E-state index >= 15 is 0 Å². The summed E-state index contributed by atoms with van der Waals surface area (Å²) in [7, 11) is 4.74. The number of carbonyl (C=O) groups excluding carboxylic acids is 1. The predicted molar refractivity (Wildman–Crippen MR) is 131 cm³/mol. The highest BCUT2D eigenvalue weighted by Gasteiger charge is 2.22. The lowest BCUT2D eigenvalue weighted by Gasteiger charge is -2.19. The maximum atomic E-state index is 12.6. The minimum atomic E-state index is -0.338. The van der Waals surface area contributed by atoms with Crippen molar-refractivity contribution in [2.45, 2.75) is 38.1 Å². The zero-order valence-electron chi connectivity index (χ0n) is 20.2. The van der Waals surface area contributed by atoms with Gasteiger partial charge in [-0.1, -0.05) is 11.8 Å². The number of hydrogen-bond acceptors (Lipinski definition) is 8. The molecule has 0 aliphatic carbocycles. The maximum absolute atomic E-state index is 12.6. The van der Waals surface area contributed by atoms with Gasteiger partial charge in [-0.2, -0.15) is 0 Å². The summed E-state index contributed by atoms with van der Waals surface area (Å²) in [6.45, 7) is 6.00. The Morgan fingerprint density at radius 2 is 1.59 bits per heavy atom. The Morgan fingerprint density at radius 3 is 2.21 bits per heavy atom. The monoisotopic (exact) mass is 486 g/mol. The number of hydrogen-bond donors (Lipinski definition) is 1. The Morgan fingerprint density at radius 1 is 0.941 bits per heavy atom. The third-order valence-corrected chi connectivity index (χ3v) is 5.90. The third kappa shape index (κ3) is 6.13. The van der Waals surface area contributed by atoms with E-state index in [4.69, 9.17) is 18.9 Å². The van der Waals surface area contributed by atoms with Gasteiger partial charge in [0.15, 0.2) is 17.1 Å². The molecule has 1 aromatic heterocycles. The minimum Gasteiger partial charge on any atom is -0.497 e. The molecule has 1 N–H and O–H groups in total. The number of benzene rings is 2. The molecule has 1 atom stereocenters. The largest absolute Gasteiger partial charge is 0.497 e. The second-order valence-corrected chi connectivity index (χ2v) is 8.59. The van der Waals surface area contributed by atoms with Crippen LogP contribution in [0.4, 0.5) is 5.69 Å². The van der Waals surface area contributed by atoms with Crippen LogP contribution in [0.3, 0.4) is 0 Å².